The number of allylic oxidation sites excluding steroid dienone is 1. The highest BCUT2D eigenvalue weighted by atomic mass is 16.2. The lowest BCUT2D eigenvalue weighted by molar-refractivity contribution is -0.134. The fourth-order valence-electron chi connectivity index (χ4n) is 4.00. The first-order chi connectivity index (χ1) is 16.1. The van der Waals surface area contributed by atoms with Crippen molar-refractivity contribution in [3.8, 4) is 11.3 Å². The molecule has 0 spiro atoms. The van der Waals surface area contributed by atoms with Gasteiger partial charge in [0.15, 0.2) is 0 Å². The molecule has 4 rings (SSSR count). The Balaban J connectivity index is 1.58. The molecule has 1 aliphatic heterocycles. The summed E-state index contributed by atoms with van der Waals surface area (Å²) in [6.07, 6.45) is 12.8. The van der Waals surface area contributed by atoms with Crippen molar-refractivity contribution in [1.82, 2.24) is 34.6 Å². The maximum absolute atomic E-state index is 11.9. The van der Waals surface area contributed by atoms with E-state index in [1.165, 1.54) is 6.20 Å². The average Bonchev–Trinajstić information content (AvgIpc) is 3.45. The molecule has 0 radical (unpaired) electrons. The third-order valence-electron chi connectivity index (χ3n) is 6.02. The van der Waals surface area contributed by atoms with Crippen molar-refractivity contribution in [3.05, 3.63) is 42.7 Å². The van der Waals surface area contributed by atoms with Crippen LogP contribution in [0.25, 0.3) is 22.3 Å². The van der Waals surface area contributed by atoms with E-state index in [-0.39, 0.29) is 11.9 Å². The van der Waals surface area contributed by atoms with Crippen LogP contribution in [-0.4, -0.2) is 74.1 Å². The minimum Gasteiger partial charge on any atom is -0.404 e. The molecule has 0 unspecified atom stereocenters. The van der Waals surface area contributed by atoms with E-state index in [9.17, 15) is 4.79 Å². The van der Waals surface area contributed by atoms with Gasteiger partial charge in [-0.25, -0.2) is 9.50 Å². The van der Waals surface area contributed by atoms with Crippen LogP contribution in [0.1, 0.15) is 38.4 Å². The van der Waals surface area contributed by atoms with Gasteiger partial charge in [0.2, 0.25) is 5.91 Å². The normalized spacial score (nSPS) is 15.2. The molecule has 1 fully saturated rings. The molecule has 1 amide bonds. The summed E-state index contributed by atoms with van der Waals surface area (Å²) in [6, 6.07) is 2.36. The molecule has 4 heterocycles. The van der Waals surface area contributed by atoms with Gasteiger partial charge in [0.1, 0.15) is 0 Å². The molecule has 3 aromatic heterocycles. The molecule has 33 heavy (non-hydrogen) atoms. The minimum absolute atomic E-state index is 0.0620. The maximum atomic E-state index is 11.9. The van der Waals surface area contributed by atoms with Gasteiger partial charge in [-0.2, -0.15) is 10.2 Å². The third kappa shape index (κ3) is 4.65. The van der Waals surface area contributed by atoms with E-state index in [0.717, 1.165) is 29.6 Å². The lowest BCUT2D eigenvalue weighted by Crippen LogP contribution is -2.54. The van der Waals surface area contributed by atoms with Gasteiger partial charge >= 0.3 is 0 Å². The van der Waals surface area contributed by atoms with Crippen molar-refractivity contribution in [2.75, 3.05) is 26.7 Å². The number of likely N-dealkylation sites (tertiary alicyclic amines) is 1. The molecule has 1 aliphatic rings. The number of aliphatic imine (C=N–C) groups is 1. The Kier molecular flexibility index (Phi) is 6.83. The number of carbonyl (C=O) groups is 1. The number of aromatic nitrogens is 5. The zero-order valence-corrected chi connectivity index (χ0v) is 19.3. The van der Waals surface area contributed by atoms with Crippen molar-refractivity contribution in [2.24, 2.45) is 10.7 Å². The first-order valence-electron chi connectivity index (χ1n) is 11.3. The van der Waals surface area contributed by atoms with Gasteiger partial charge in [-0.1, -0.05) is 13.8 Å². The van der Waals surface area contributed by atoms with E-state index in [2.05, 4.69) is 34.4 Å². The number of nitrogens with one attached hydrogen (secondary N) is 1. The van der Waals surface area contributed by atoms with Crippen molar-refractivity contribution in [2.45, 2.75) is 38.8 Å². The van der Waals surface area contributed by atoms with E-state index >= 15 is 0 Å². The summed E-state index contributed by atoms with van der Waals surface area (Å²) in [6.45, 7) is 5.90. The fraction of sp³-hybridized carbons (Fsp3) is 0.435. The zero-order valence-electron chi connectivity index (χ0n) is 19.3. The molecule has 174 valence electrons. The number of hydrogen-bond acceptors (Lipinski definition) is 7. The molecular weight excluding hydrogens is 418 g/mol. The molecule has 1 saturated heterocycles. The summed E-state index contributed by atoms with van der Waals surface area (Å²) in [5.41, 5.74) is 9.93. The van der Waals surface area contributed by atoms with Crippen LogP contribution in [-0.2, 0) is 4.79 Å². The van der Waals surface area contributed by atoms with E-state index in [4.69, 9.17) is 10.7 Å². The molecule has 0 atom stereocenters. The molecule has 0 bridgehead atoms. The Morgan fingerprint density at radius 3 is 2.79 bits per heavy atom. The molecule has 0 saturated carbocycles. The Morgan fingerprint density at radius 2 is 2.09 bits per heavy atom. The third-order valence-corrected chi connectivity index (χ3v) is 6.02. The highest BCUT2D eigenvalue weighted by Crippen LogP contribution is 2.26. The molecule has 3 aromatic rings. The van der Waals surface area contributed by atoms with Crippen LogP contribution in [0, 0.1) is 0 Å². The lowest BCUT2D eigenvalue weighted by Gasteiger charge is -2.36. The van der Waals surface area contributed by atoms with Crippen LogP contribution in [0.4, 0.5) is 0 Å². The van der Waals surface area contributed by atoms with Crippen LogP contribution in [0.15, 0.2) is 42.0 Å². The second-order valence-corrected chi connectivity index (χ2v) is 8.20. The summed E-state index contributed by atoms with van der Waals surface area (Å²) in [4.78, 5) is 23.2. The summed E-state index contributed by atoms with van der Waals surface area (Å²) < 4.78 is 3.81. The van der Waals surface area contributed by atoms with Gasteiger partial charge in [-0.3, -0.25) is 14.5 Å². The first-order valence-corrected chi connectivity index (χ1v) is 11.3. The Labute approximate surface area is 193 Å². The van der Waals surface area contributed by atoms with Crippen LogP contribution >= 0.6 is 0 Å². The van der Waals surface area contributed by atoms with E-state index < -0.39 is 0 Å². The summed E-state index contributed by atoms with van der Waals surface area (Å²) >= 11 is 0. The largest absolute Gasteiger partial charge is 0.404 e. The van der Waals surface area contributed by atoms with Crippen LogP contribution in [0.5, 0.6) is 0 Å². The van der Waals surface area contributed by atoms with Gasteiger partial charge < -0.3 is 16.0 Å². The number of fused-ring (bicyclic) bond motifs is 1. The average molecular weight is 450 g/mol. The van der Waals surface area contributed by atoms with Crippen LogP contribution < -0.4 is 11.1 Å². The molecular formula is C23H31N9O. The molecule has 0 aromatic carbocycles. The summed E-state index contributed by atoms with van der Waals surface area (Å²) in [7, 11) is 1.76. The van der Waals surface area contributed by atoms with Crippen LogP contribution in [0.3, 0.4) is 0 Å². The summed E-state index contributed by atoms with van der Waals surface area (Å²) in [5.74, 6) is 0.0860. The second kappa shape index (κ2) is 9.95. The molecule has 0 aliphatic carbocycles. The minimum atomic E-state index is 0.0620. The smallest absolute Gasteiger partial charge is 0.236 e. The number of hydrogen-bond donors (Lipinski definition) is 2. The van der Waals surface area contributed by atoms with Crippen molar-refractivity contribution in [1.29, 1.82) is 0 Å². The van der Waals surface area contributed by atoms with Crippen molar-refractivity contribution in [3.63, 3.8) is 0 Å². The summed E-state index contributed by atoms with van der Waals surface area (Å²) in [5, 5.41) is 11.9. The van der Waals surface area contributed by atoms with Gasteiger partial charge in [-0.15, -0.1) is 0 Å². The Hall–Kier alpha value is -3.53. The van der Waals surface area contributed by atoms with E-state index in [0.29, 0.717) is 36.9 Å². The Morgan fingerprint density at radius 1 is 1.30 bits per heavy atom. The van der Waals surface area contributed by atoms with Gasteiger partial charge in [0.05, 0.1) is 54.1 Å². The number of likely N-dealkylation sites (N-methyl/N-ethyl adjacent to an activating group) is 1. The zero-order chi connectivity index (χ0) is 23.4. The molecule has 10 nitrogen and oxygen atoms in total. The number of amides is 1. The van der Waals surface area contributed by atoms with E-state index in [1.807, 2.05) is 29.3 Å². The topological polar surface area (TPSA) is 119 Å². The highest BCUT2D eigenvalue weighted by molar-refractivity contribution is 6.09. The van der Waals surface area contributed by atoms with Gasteiger partial charge in [-0.05, 0) is 26.0 Å². The standard InChI is InChI=1S/C23H31N9O/c1-4-19(5-2)31-12-17(10-28-31)23-21-6-7-27-32(21)15-20(29-23)16(8-24)9-26-18-13-30(14-18)22(33)11-25-3/h6-10,12,15,18-19,25H,4-5,11,13-14,24H2,1-3H3. The SMILES string of the molecule is CCC(CC)n1cc(-c2nc(C(C=NC3CN(C(=O)CNC)C3)=CN)cn3nccc23)cn1. The quantitative estimate of drug-likeness (QED) is 0.481. The van der Waals surface area contributed by atoms with Crippen molar-refractivity contribution < 1.29 is 4.79 Å². The molecule has 3 N–H and O–H groups in total. The van der Waals surface area contributed by atoms with Crippen LogP contribution in [0.2, 0.25) is 0 Å². The lowest BCUT2D eigenvalue weighted by atomic mass is 10.1. The molecule has 10 heteroatoms. The number of rotatable bonds is 9. The predicted molar refractivity (Wildman–Crippen MR) is 129 cm³/mol. The van der Waals surface area contributed by atoms with Gasteiger partial charge in [0, 0.05) is 42.8 Å². The monoisotopic (exact) mass is 449 g/mol. The first kappa shape index (κ1) is 22.7. The number of nitrogens with zero attached hydrogens (tertiary/aromatic N) is 7. The number of nitrogens with two attached hydrogens (primary N) is 1. The fourth-order valence-corrected chi connectivity index (χ4v) is 4.00. The predicted octanol–water partition coefficient (Wildman–Crippen LogP) is 1.75. The van der Waals surface area contributed by atoms with Crippen molar-refractivity contribution >= 4 is 23.2 Å². The van der Waals surface area contributed by atoms with Gasteiger partial charge in [0.25, 0.3) is 0 Å². The second-order valence-electron chi connectivity index (χ2n) is 8.20. The maximum Gasteiger partial charge on any atom is 0.236 e. The van der Waals surface area contributed by atoms with E-state index in [1.54, 1.807) is 28.9 Å². The highest BCUT2D eigenvalue weighted by Gasteiger charge is 2.29. The number of carbonyl (C=O) groups excluding carboxylic acids is 1. The Bertz CT molecular complexity index is 1170.